The molecule has 4 heteroatoms. The number of ether oxygens (including phenoxy) is 1. The second kappa shape index (κ2) is 10.1. The lowest BCUT2D eigenvalue weighted by atomic mass is 10.2. The van der Waals surface area contributed by atoms with Gasteiger partial charge in [-0.3, -0.25) is 0 Å². The molecule has 0 atom stereocenters. The Hall–Kier alpha value is -0.770. The average molecular weight is 272 g/mol. The van der Waals surface area contributed by atoms with Gasteiger partial charge in [-0.15, -0.1) is 0 Å². The number of hydrogen-bond acceptors (Lipinski definition) is 3. The summed E-state index contributed by atoms with van der Waals surface area (Å²) in [7, 11) is 0. The smallest absolute Gasteiger partial charge is 0.410 e. The van der Waals surface area contributed by atoms with Gasteiger partial charge in [-0.1, -0.05) is 26.2 Å². The van der Waals surface area contributed by atoms with Gasteiger partial charge in [-0.2, -0.15) is 0 Å². The molecule has 1 N–H and O–H groups in total. The Labute approximate surface area is 118 Å². The summed E-state index contributed by atoms with van der Waals surface area (Å²) in [4.78, 5) is 13.6. The van der Waals surface area contributed by atoms with Crippen molar-refractivity contribution < 1.29 is 9.53 Å². The summed E-state index contributed by atoms with van der Waals surface area (Å²) in [6.07, 6.45) is 4.85. The minimum atomic E-state index is -0.419. The number of nitrogens with zero attached hydrogens (tertiary/aromatic N) is 1. The van der Waals surface area contributed by atoms with Gasteiger partial charge in [0.05, 0.1) is 0 Å². The first-order valence-electron chi connectivity index (χ1n) is 7.59. The van der Waals surface area contributed by atoms with Crippen LogP contribution in [-0.2, 0) is 4.74 Å². The molecular weight excluding hydrogens is 240 g/mol. The fourth-order valence-electron chi connectivity index (χ4n) is 1.72. The number of hydrogen-bond donors (Lipinski definition) is 1. The zero-order valence-corrected chi connectivity index (χ0v) is 13.4. The van der Waals surface area contributed by atoms with Crippen LogP contribution in [0.5, 0.6) is 0 Å². The summed E-state index contributed by atoms with van der Waals surface area (Å²) in [5, 5.41) is 3.38. The Morgan fingerprint density at radius 1 is 1.11 bits per heavy atom. The highest BCUT2D eigenvalue weighted by Gasteiger charge is 2.20. The number of rotatable bonds is 9. The van der Waals surface area contributed by atoms with Crippen LogP contribution in [0.1, 0.15) is 60.3 Å². The molecule has 0 aromatic carbocycles. The van der Waals surface area contributed by atoms with E-state index in [2.05, 4.69) is 12.2 Å². The third-order valence-corrected chi connectivity index (χ3v) is 2.80. The van der Waals surface area contributed by atoms with Gasteiger partial charge in [0, 0.05) is 19.6 Å². The molecule has 0 aliphatic heterocycles. The van der Waals surface area contributed by atoms with E-state index < -0.39 is 5.60 Å². The van der Waals surface area contributed by atoms with Crippen LogP contribution in [0.2, 0.25) is 0 Å². The molecule has 0 rings (SSSR count). The SMILES string of the molecule is CCCCCCNCCN(CC)C(=O)OC(C)(C)C. The summed E-state index contributed by atoms with van der Waals surface area (Å²) in [6, 6.07) is 0. The van der Waals surface area contributed by atoms with Crippen LogP contribution < -0.4 is 5.32 Å². The Bertz CT molecular complexity index is 237. The van der Waals surface area contributed by atoms with E-state index in [-0.39, 0.29) is 6.09 Å². The number of unbranched alkanes of at least 4 members (excludes halogenated alkanes) is 3. The van der Waals surface area contributed by atoms with E-state index in [9.17, 15) is 4.79 Å². The highest BCUT2D eigenvalue weighted by atomic mass is 16.6. The number of carbonyl (C=O) groups is 1. The third-order valence-electron chi connectivity index (χ3n) is 2.80. The van der Waals surface area contributed by atoms with Gasteiger partial charge in [0.2, 0.25) is 0 Å². The zero-order valence-electron chi connectivity index (χ0n) is 13.4. The third kappa shape index (κ3) is 10.8. The van der Waals surface area contributed by atoms with E-state index in [1.807, 2.05) is 27.7 Å². The maximum Gasteiger partial charge on any atom is 0.410 e. The number of amides is 1. The fraction of sp³-hybridized carbons (Fsp3) is 0.933. The molecule has 0 unspecified atom stereocenters. The number of nitrogens with one attached hydrogen (secondary N) is 1. The van der Waals surface area contributed by atoms with Gasteiger partial charge in [0.15, 0.2) is 0 Å². The first-order chi connectivity index (χ1) is 8.90. The zero-order chi connectivity index (χ0) is 14.7. The van der Waals surface area contributed by atoms with E-state index in [0.717, 1.165) is 13.1 Å². The molecule has 0 radical (unpaired) electrons. The molecule has 19 heavy (non-hydrogen) atoms. The molecule has 0 aromatic heterocycles. The second-order valence-electron chi connectivity index (χ2n) is 5.87. The molecule has 114 valence electrons. The summed E-state index contributed by atoms with van der Waals surface area (Å²) >= 11 is 0. The predicted molar refractivity (Wildman–Crippen MR) is 80.5 cm³/mol. The maximum absolute atomic E-state index is 11.9. The van der Waals surface area contributed by atoms with Gasteiger partial charge in [-0.05, 0) is 40.7 Å². The second-order valence-corrected chi connectivity index (χ2v) is 5.87. The fourth-order valence-corrected chi connectivity index (χ4v) is 1.72. The predicted octanol–water partition coefficient (Wildman–Crippen LogP) is 3.41. The summed E-state index contributed by atoms with van der Waals surface area (Å²) in [5.74, 6) is 0. The minimum absolute atomic E-state index is 0.220. The van der Waals surface area contributed by atoms with E-state index in [0.29, 0.717) is 13.1 Å². The van der Waals surface area contributed by atoms with Crippen molar-refractivity contribution in [2.24, 2.45) is 0 Å². The normalized spacial score (nSPS) is 11.4. The van der Waals surface area contributed by atoms with Crippen LogP contribution in [0, 0.1) is 0 Å². The van der Waals surface area contributed by atoms with Crippen molar-refractivity contribution in [3.05, 3.63) is 0 Å². The van der Waals surface area contributed by atoms with Crippen molar-refractivity contribution in [3.8, 4) is 0 Å². The van der Waals surface area contributed by atoms with Crippen molar-refractivity contribution >= 4 is 6.09 Å². The largest absolute Gasteiger partial charge is 0.444 e. The summed E-state index contributed by atoms with van der Waals surface area (Å²) in [6.45, 7) is 13.1. The van der Waals surface area contributed by atoms with Crippen molar-refractivity contribution in [3.63, 3.8) is 0 Å². The average Bonchev–Trinajstić information content (AvgIpc) is 2.30. The molecule has 0 aliphatic carbocycles. The lowest BCUT2D eigenvalue weighted by molar-refractivity contribution is 0.0262. The first-order valence-corrected chi connectivity index (χ1v) is 7.59. The molecule has 0 saturated carbocycles. The highest BCUT2D eigenvalue weighted by Crippen LogP contribution is 2.09. The molecule has 0 spiro atoms. The molecule has 0 aliphatic rings. The van der Waals surface area contributed by atoms with Gasteiger partial charge < -0.3 is 15.0 Å². The molecule has 0 aromatic rings. The number of carbonyl (C=O) groups excluding carboxylic acids is 1. The molecule has 0 bridgehead atoms. The first kappa shape index (κ1) is 18.2. The summed E-state index contributed by atoms with van der Waals surface area (Å²) < 4.78 is 5.36. The topological polar surface area (TPSA) is 41.6 Å². The maximum atomic E-state index is 11.9. The van der Waals surface area contributed by atoms with Gasteiger partial charge in [-0.25, -0.2) is 4.79 Å². The Kier molecular flexibility index (Phi) is 9.66. The van der Waals surface area contributed by atoms with Crippen LogP contribution >= 0.6 is 0 Å². The van der Waals surface area contributed by atoms with E-state index in [1.54, 1.807) is 4.90 Å². The van der Waals surface area contributed by atoms with Gasteiger partial charge >= 0.3 is 6.09 Å². The lowest BCUT2D eigenvalue weighted by Crippen LogP contribution is -2.40. The Morgan fingerprint density at radius 3 is 2.32 bits per heavy atom. The van der Waals surface area contributed by atoms with E-state index in [4.69, 9.17) is 4.74 Å². The van der Waals surface area contributed by atoms with E-state index in [1.165, 1.54) is 25.7 Å². The molecule has 1 amide bonds. The van der Waals surface area contributed by atoms with Crippen molar-refractivity contribution in [2.45, 2.75) is 65.9 Å². The summed E-state index contributed by atoms with van der Waals surface area (Å²) in [5.41, 5.74) is -0.419. The van der Waals surface area contributed by atoms with Crippen LogP contribution in [-0.4, -0.2) is 42.8 Å². The van der Waals surface area contributed by atoms with Crippen LogP contribution in [0.25, 0.3) is 0 Å². The van der Waals surface area contributed by atoms with Crippen molar-refractivity contribution in [2.75, 3.05) is 26.2 Å². The molecule has 4 nitrogen and oxygen atoms in total. The quantitative estimate of drug-likeness (QED) is 0.654. The molecule has 0 saturated heterocycles. The monoisotopic (exact) mass is 272 g/mol. The van der Waals surface area contributed by atoms with Crippen LogP contribution in [0.3, 0.4) is 0 Å². The van der Waals surface area contributed by atoms with Crippen LogP contribution in [0.15, 0.2) is 0 Å². The number of likely N-dealkylation sites (N-methyl/N-ethyl adjacent to an activating group) is 1. The lowest BCUT2D eigenvalue weighted by Gasteiger charge is -2.26. The molecule has 0 fully saturated rings. The Morgan fingerprint density at radius 2 is 1.79 bits per heavy atom. The van der Waals surface area contributed by atoms with Gasteiger partial charge in [0.25, 0.3) is 0 Å². The van der Waals surface area contributed by atoms with Crippen molar-refractivity contribution in [1.82, 2.24) is 10.2 Å². The van der Waals surface area contributed by atoms with Gasteiger partial charge in [0.1, 0.15) is 5.60 Å². The molecule has 0 heterocycles. The van der Waals surface area contributed by atoms with E-state index >= 15 is 0 Å². The highest BCUT2D eigenvalue weighted by molar-refractivity contribution is 5.68. The Balaban J connectivity index is 3.73. The van der Waals surface area contributed by atoms with Crippen LogP contribution in [0.4, 0.5) is 4.79 Å². The standard InChI is InChI=1S/C15H32N2O2/c1-6-8-9-10-11-16-12-13-17(7-2)14(18)19-15(3,4)5/h16H,6-13H2,1-5H3. The van der Waals surface area contributed by atoms with Crippen molar-refractivity contribution in [1.29, 1.82) is 0 Å². The molecular formula is C15H32N2O2. The minimum Gasteiger partial charge on any atom is -0.444 e.